The molecule has 1 spiro atoms. The van der Waals surface area contributed by atoms with Crippen molar-refractivity contribution in [3.05, 3.63) is 198 Å². The van der Waals surface area contributed by atoms with E-state index in [0.717, 1.165) is 45.3 Å². The standard InChI is InChI=1S/C42H29N3O2S/c46-48(47,33-15-12-28-43-29-33)32-26-24-31(25-27-32)45-40-22-10-6-18-36(40)42(37-19-7-11-23-41(37)45)34-16-4-8-20-38(34)44(30-13-2-1-3-14-30)39-21-9-5-17-35(39)42/h1-29H. The summed E-state index contributed by atoms with van der Waals surface area (Å²) in [6.45, 7) is 0. The van der Waals surface area contributed by atoms with Gasteiger partial charge in [0.15, 0.2) is 0 Å². The van der Waals surface area contributed by atoms with Crippen molar-refractivity contribution in [3.8, 4) is 0 Å². The molecule has 3 heterocycles. The zero-order valence-electron chi connectivity index (χ0n) is 25.8. The third kappa shape index (κ3) is 3.96. The maximum atomic E-state index is 13.4. The number of para-hydroxylation sites is 5. The molecule has 0 aliphatic carbocycles. The predicted molar refractivity (Wildman–Crippen MR) is 191 cm³/mol. The van der Waals surface area contributed by atoms with E-state index in [1.165, 1.54) is 17.3 Å². The molecule has 6 aromatic carbocycles. The van der Waals surface area contributed by atoms with Crippen molar-refractivity contribution in [3.63, 3.8) is 0 Å². The molecule has 2 aliphatic rings. The van der Waals surface area contributed by atoms with E-state index < -0.39 is 15.3 Å². The Balaban J connectivity index is 1.29. The highest BCUT2D eigenvalue weighted by Crippen LogP contribution is 2.63. The molecule has 0 unspecified atom stereocenters. The lowest BCUT2D eigenvalue weighted by Gasteiger charge is -2.51. The number of hydrogen-bond acceptors (Lipinski definition) is 5. The molecule has 6 heteroatoms. The zero-order chi connectivity index (χ0) is 32.3. The molecule has 0 atom stereocenters. The summed E-state index contributed by atoms with van der Waals surface area (Å²) in [4.78, 5) is 9.05. The van der Waals surface area contributed by atoms with Gasteiger partial charge in [0, 0.05) is 23.8 Å². The SMILES string of the molecule is O=S(=O)(c1ccc(N2c3ccccc3C3(c4ccccc4N(c4ccccc4)c4ccccc43)c3ccccc32)cc1)c1cccnc1. The lowest BCUT2D eigenvalue weighted by atomic mass is 9.60. The fourth-order valence-corrected chi connectivity index (χ4v) is 8.85. The van der Waals surface area contributed by atoms with E-state index in [1.807, 2.05) is 12.1 Å². The molecule has 7 aromatic rings. The topological polar surface area (TPSA) is 53.5 Å². The third-order valence-electron chi connectivity index (χ3n) is 9.56. The molecule has 0 bridgehead atoms. The van der Waals surface area contributed by atoms with Gasteiger partial charge in [-0.2, -0.15) is 0 Å². The van der Waals surface area contributed by atoms with Gasteiger partial charge < -0.3 is 9.80 Å². The second-order valence-electron chi connectivity index (χ2n) is 12.0. The number of pyridine rings is 1. The summed E-state index contributed by atoms with van der Waals surface area (Å²) < 4.78 is 26.9. The van der Waals surface area contributed by atoms with Gasteiger partial charge in [0.2, 0.25) is 9.84 Å². The number of anilines is 6. The number of fused-ring (bicyclic) bond motifs is 8. The highest BCUT2D eigenvalue weighted by Gasteiger charge is 2.51. The first-order valence-electron chi connectivity index (χ1n) is 15.9. The van der Waals surface area contributed by atoms with Gasteiger partial charge in [0.25, 0.3) is 0 Å². The van der Waals surface area contributed by atoms with E-state index in [4.69, 9.17) is 0 Å². The molecule has 0 saturated carbocycles. The van der Waals surface area contributed by atoms with Crippen molar-refractivity contribution >= 4 is 44.0 Å². The van der Waals surface area contributed by atoms with Gasteiger partial charge in [-0.15, -0.1) is 0 Å². The molecule has 230 valence electrons. The van der Waals surface area contributed by atoms with Crippen molar-refractivity contribution < 1.29 is 8.42 Å². The van der Waals surface area contributed by atoms with Gasteiger partial charge in [-0.25, -0.2) is 8.42 Å². The monoisotopic (exact) mass is 639 g/mol. The van der Waals surface area contributed by atoms with Crippen LogP contribution in [0.15, 0.2) is 186 Å². The van der Waals surface area contributed by atoms with Crippen molar-refractivity contribution in [1.29, 1.82) is 0 Å². The largest absolute Gasteiger partial charge is 0.310 e. The minimum absolute atomic E-state index is 0.174. The highest BCUT2D eigenvalue weighted by molar-refractivity contribution is 7.91. The second kappa shape index (κ2) is 10.8. The predicted octanol–water partition coefficient (Wildman–Crippen LogP) is 9.86. The van der Waals surface area contributed by atoms with Gasteiger partial charge in [-0.1, -0.05) is 91.0 Å². The maximum absolute atomic E-state index is 13.4. The first kappa shape index (κ1) is 28.3. The molecule has 0 saturated heterocycles. The summed E-state index contributed by atoms with van der Waals surface area (Å²) in [6, 6.07) is 55.6. The molecule has 1 aromatic heterocycles. The smallest absolute Gasteiger partial charge is 0.208 e. The van der Waals surface area contributed by atoms with Crippen molar-refractivity contribution in [2.45, 2.75) is 15.2 Å². The summed E-state index contributed by atoms with van der Waals surface area (Å²) >= 11 is 0. The Bertz CT molecular complexity index is 2330. The van der Waals surface area contributed by atoms with Gasteiger partial charge in [0.05, 0.1) is 38.0 Å². The lowest BCUT2D eigenvalue weighted by Crippen LogP contribution is -2.41. The number of hydrogen-bond donors (Lipinski definition) is 0. The maximum Gasteiger partial charge on any atom is 0.208 e. The van der Waals surface area contributed by atoms with Crippen molar-refractivity contribution in [2.24, 2.45) is 0 Å². The van der Waals surface area contributed by atoms with E-state index in [1.54, 1.807) is 30.5 Å². The Labute approximate surface area is 279 Å². The van der Waals surface area contributed by atoms with Crippen LogP contribution in [0.25, 0.3) is 0 Å². The minimum Gasteiger partial charge on any atom is -0.310 e. The molecule has 5 nitrogen and oxygen atoms in total. The Morgan fingerprint density at radius 2 is 0.833 bits per heavy atom. The van der Waals surface area contributed by atoms with Crippen LogP contribution in [0.2, 0.25) is 0 Å². The van der Waals surface area contributed by atoms with Gasteiger partial charge in [-0.05, 0) is 95.1 Å². The zero-order valence-corrected chi connectivity index (χ0v) is 26.6. The van der Waals surface area contributed by atoms with Crippen LogP contribution >= 0.6 is 0 Å². The summed E-state index contributed by atoms with van der Waals surface area (Å²) in [5.74, 6) is 0. The molecule has 0 amide bonds. The van der Waals surface area contributed by atoms with E-state index in [0.29, 0.717) is 0 Å². The second-order valence-corrected chi connectivity index (χ2v) is 14.0. The molecular weight excluding hydrogens is 611 g/mol. The average Bonchev–Trinajstić information content (AvgIpc) is 3.15. The van der Waals surface area contributed by atoms with Crippen molar-refractivity contribution in [1.82, 2.24) is 4.98 Å². The average molecular weight is 640 g/mol. The van der Waals surface area contributed by atoms with Crippen LogP contribution in [0, 0.1) is 0 Å². The normalized spacial score (nSPS) is 14.1. The Hall–Kier alpha value is -5.98. The fourth-order valence-electron chi connectivity index (χ4n) is 7.62. The molecule has 2 aliphatic heterocycles. The van der Waals surface area contributed by atoms with Gasteiger partial charge in [-0.3, -0.25) is 4.98 Å². The fraction of sp³-hybridized carbons (Fsp3) is 0.0238. The highest BCUT2D eigenvalue weighted by atomic mass is 32.2. The first-order valence-corrected chi connectivity index (χ1v) is 17.4. The number of sulfone groups is 1. The number of rotatable bonds is 4. The quantitative estimate of drug-likeness (QED) is 0.192. The first-order chi connectivity index (χ1) is 23.6. The van der Waals surface area contributed by atoms with Crippen LogP contribution in [-0.4, -0.2) is 13.4 Å². The van der Waals surface area contributed by atoms with Crippen LogP contribution in [0.4, 0.5) is 34.1 Å². The van der Waals surface area contributed by atoms with Crippen LogP contribution in [0.5, 0.6) is 0 Å². The molecule has 9 rings (SSSR count). The molecule has 0 fully saturated rings. The minimum atomic E-state index is -3.71. The molecule has 0 N–H and O–H groups in total. The summed E-state index contributed by atoms with van der Waals surface area (Å²) in [5, 5.41) is 0. The van der Waals surface area contributed by atoms with E-state index in [-0.39, 0.29) is 9.79 Å². The Morgan fingerprint density at radius 1 is 0.417 bits per heavy atom. The summed E-state index contributed by atoms with van der Waals surface area (Å²) in [5.41, 5.74) is 10.4. The van der Waals surface area contributed by atoms with Crippen molar-refractivity contribution in [2.75, 3.05) is 9.80 Å². The number of aromatic nitrogens is 1. The Morgan fingerprint density at radius 3 is 1.27 bits per heavy atom. The van der Waals surface area contributed by atoms with Gasteiger partial charge >= 0.3 is 0 Å². The molecule has 0 radical (unpaired) electrons. The van der Waals surface area contributed by atoms with Crippen LogP contribution in [0.3, 0.4) is 0 Å². The summed E-state index contributed by atoms with van der Waals surface area (Å²) in [7, 11) is -3.71. The Kier molecular flexibility index (Phi) is 6.35. The lowest BCUT2D eigenvalue weighted by molar-refractivity contribution is 0.595. The van der Waals surface area contributed by atoms with Crippen LogP contribution in [0.1, 0.15) is 22.3 Å². The van der Waals surface area contributed by atoms with Gasteiger partial charge in [0.1, 0.15) is 0 Å². The third-order valence-corrected chi connectivity index (χ3v) is 11.3. The van der Waals surface area contributed by atoms with E-state index in [9.17, 15) is 8.42 Å². The van der Waals surface area contributed by atoms with Crippen LogP contribution in [-0.2, 0) is 15.3 Å². The summed E-state index contributed by atoms with van der Waals surface area (Å²) in [6.07, 6.45) is 2.96. The van der Waals surface area contributed by atoms with Crippen LogP contribution < -0.4 is 9.80 Å². The molecule has 48 heavy (non-hydrogen) atoms. The van der Waals surface area contributed by atoms with E-state index in [2.05, 4.69) is 142 Å². The number of benzene rings is 6. The molecular formula is C42H29N3O2S. The van der Waals surface area contributed by atoms with E-state index >= 15 is 0 Å². The number of nitrogens with zero attached hydrogens (tertiary/aromatic N) is 3.